The number of aliphatic hydroxyl groups is 1. The summed E-state index contributed by atoms with van der Waals surface area (Å²) in [6.07, 6.45) is 4.15. The fraction of sp³-hybridized carbons (Fsp3) is 0.381. The van der Waals surface area contributed by atoms with Gasteiger partial charge in [0.1, 0.15) is 11.6 Å². The Balaban J connectivity index is 1.44. The molecule has 9 heteroatoms. The van der Waals surface area contributed by atoms with E-state index in [0.717, 1.165) is 37.2 Å². The van der Waals surface area contributed by atoms with E-state index in [1.54, 1.807) is 22.8 Å². The number of hydrogen-bond acceptors (Lipinski definition) is 5. The molecule has 0 radical (unpaired) electrons. The largest absolute Gasteiger partial charge is 0.389 e. The Morgan fingerprint density at radius 2 is 2.07 bits per heavy atom. The number of imidazole rings is 1. The van der Waals surface area contributed by atoms with Gasteiger partial charge in [0, 0.05) is 6.54 Å². The summed E-state index contributed by atoms with van der Waals surface area (Å²) in [6.45, 7) is 1.47. The van der Waals surface area contributed by atoms with Crippen molar-refractivity contribution in [3.63, 3.8) is 0 Å². The lowest BCUT2D eigenvalue weighted by molar-refractivity contribution is 0.0308. The smallest absolute Gasteiger partial charge is 0.323 e. The van der Waals surface area contributed by atoms with Crippen LogP contribution >= 0.6 is 0 Å². The molecule has 156 valence electrons. The second-order valence-electron chi connectivity index (χ2n) is 7.85. The van der Waals surface area contributed by atoms with Gasteiger partial charge in [-0.3, -0.25) is 5.32 Å². The van der Waals surface area contributed by atoms with Crippen molar-refractivity contribution in [2.24, 2.45) is 0 Å². The summed E-state index contributed by atoms with van der Waals surface area (Å²) < 4.78 is 15.4. The first-order chi connectivity index (χ1) is 14.6. The van der Waals surface area contributed by atoms with Gasteiger partial charge in [0.25, 0.3) is 0 Å². The van der Waals surface area contributed by atoms with Gasteiger partial charge in [-0.2, -0.15) is 4.52 Å². The minimum atomic E-state index is -0.457. The van der Waals surface area contributed by atoms with Crippen LogP contribution < -0.4 is 10.2 Å². The Bertz CT molecular complexity index is 1080. The number of β-amino-alcohol motifs (C(OH)–C–C–N with tert-alkyl or cyclic N) is 1. The number of halogens is 1. The van der Waals surface area contributed by atoms with Crippen molar-refractivity contribution in [3.8, 4) is 0 Å². The topological polar surface area (TPSA) is 86.0 Å². The SMILES string of the molecule is O=C(Nc1cnc2ccc(N3CCCCC3c3cccc(F)c3)nn12)N1CC(O)C1. The maximum absolute atomic E-state index is 13.8. The molecule has 8 nitrogen and oxygen atoms in total. The van der Waals surface area contributed by atoms with Gasteiger partial charge < -0.3 is 14.9 Å². The molecule has 0 aliphatic carbocycles. The molecular weight excluding hydrogens is 387 g/mol. The monoisotopic (exact) mass is 410 g/mol. The second-order valence-corrected chi connectivity index (χ2v) is 7.85. The summed E-state index contributed by atoms with van der Waals surface area (Å²) in [5, 5.41) is 16.9. The molecule has 0 spiro atoms. The summed E-state index contributed by atoms with van der Waals surface area (Å²) >= 11 is 0. The summed E-state index contributed by atoms with van der Waals surface area (Å²) in [5.41, 5.74) is 1.56. The van der Waals surface area contributed by atoms with Crippen LogP contribution in [0.3, 0.4) is 0 Å². The number of amides is 2. The van der Waals surface area contributed by atoms with E-state index in [0.29, 0.717) is 24.6 Å². The molecule has 2 fully saturated rings. The summed E-state index contributed by atoms with van der Waals surface area (Å²) in [4.78, 5) is 20.4. The number of carbonyl (C=O) groups excluding carboxylic acids is 1. The molecule has 2 aliphatic heterocycles. The number of piperidine rings is 1. The Morgan fingerprint density at radius 1 is 1.20 bits per heavy atom. The third-order valence-corrected chi connectivity index (χ3v) is 5.76. The number of hydrogen-bond donors (Lipinski definition) is 2. The number of anilines is 2. The number of fused-ring (bicyclic) bond motifs is 1. The molecule has 3 aromatic rings. The van der Waals surface area contributed by atoms with Crippen LogP contribution in [-0.2, 0) is 0 Å². The van der Waals surface area contributed by atoms with Crippen molar-refractivity contribution >= 4 is 23.3 Å². The van der Waals surface area contributed by atoms with Crippen LogP contribution in [0.2, 0.25) is 0 Å². The van der Waals surface area contributed by atoms with Crippen LogP contribution in [0.4, 0.5) is 20.8 Å². The number of benzene rings is 1. The number of nitrogens with zero attached hydrogens (tertiary/aromatic N) is 5. The van der Waals surface area contributed by atoms with Crippen molar-refractivity contribution in [3.05, 3.63) is 54.0 Å². The standard InChI is InChI=1S/C21H23FN6O2/c22-15-5-3-4-14(10-15)17-6-1-2-9-27(17)19-8-7-18-23-11-20(28(18)25-19)24-21(30)26-12-16(29)13-26/h3-5,7-8,10-11,16-17,29H,1-2,6,9,12-13H2,(H,24,30). The molecule has 0 bridgehead atoms. The fourth-order valence-corrected chi connectivity index (χ4v) is 4.18. The maximum Gasteiger partial charge on any atom is 0.323 e. The summed E-state index contributed by atoms with van der Waals surface area (Å²) in [7, 11) is 0. The Kier molecular flexibility index (Phi) is 4.74. The molecular formula is C21H23FN6O2. The van der Waals surface area contributed by atoms with E-state index in [2.05, 4.69) is 15.2 Å². The molecule has 2 saturated heterocycles. The van der Waals surface area contributed by atoms with Crippen LogP contribution in [0.5, 0.6) is 0 Å². The van der Waals surface area contributed by atoms with Crippen LogP contribution in [0.25, 0.3) is 5.65 Å². The van der Waals surface area contributed by atoms with E-state index in [9.17, 15) is 14.3 Å². The number of nitrogens with one attached hydrogen (secondary N) is 1. The average Bonchev–Trinajstić information content (AvgIpc) is 3.13. The normalized spacial score (nSPS) is 19.7. The molecule has 1 unspecified atom stereocenters. The zero-order valence-electron chi connectivity index (χ0n) is 16.4. The second kappa shape index (κ2) is 7.56. The molecule has 5 rings (SSSR count). The van der Waals surface area contributed by atoms with E-state index < -0.39 is 6.10 Å². The number of likely N-dealkylation sites (tertiary alicyclic amines) is 1. The maximum atomic E-state index is 13.8. The fourth-order valence-electron chi connectivity index (χ4n) is 4.18. The lowest BCUT2D eigenvalue weighted by Gasteiger charge is -2.37. The van der Waals surface area contributed by atoms with Gasteiger partial charge in [-0.15, -0.1) is 5.10 Å². The van der Waals surface area contributed by atoms with Gasteiger partial charge >= 0.3 is 6.03 Å². The molecule has 0 saturated carbocycles. The minimum absolute atomic E-state index is 0.0449. The van der Waals surface area contributed by atoms with Gasteiger partial charge in [0.05, 0.1) is 31.4 Å². The van der Waals surface area contributed by atoms with Crippen molar-refractivity contribution in [1.29, 1.82) is 0 Å². The van der Waals surface area contributed by atoms with Gasteiger partial charge in [-0.05, 0) is 49.1 Å². The summed E-state index contributed by atoms with van der Waals surface area (Å²) in [6, 6.07) is 10.3. The molecule has 1 atom stereocenters. The highest BCUT2D eigenvalue weighted by atomic mass is 19.1. The highest BCUT2D eigenvalue weighted by Gasteiger charge is 2.30. The zero-order valence-corrected chi connectivity index (χ0v) is 16.4. The Labute approximate surface area is 172 Å². The number of aromatic nitrogens is 3. The van der Waals surface area contributed by atoms with Gasteiger partial charge in [0.2, 0.25) is 0 Å². The third-order valence-electron chi connectivity index (χ3n) is 5.76. The highest BCUT2D eigenvalue weighted by molar-refractivity contribution is 5.89. The van der Waals surface area contributed by atoms with E-state index in [1.807, 2.05) is 18.2 Å². The van der Waals surface area contributed by atoms with Gasteiger partial charge in [0.15, 0.2) is 11.5 Å². The number of carbonyl (C=O) groups is 1. The van der Waals surface area contributed by atoms with Crippen LogP contribution in [0.15, 0.2) is 42.6 Å². The molecule has 2 aromatic heterocycles. The molecule has 30 heavy (non-hydrogen) atoms. The zero-order chi connectivity index (χ0) is 20.7. The minimum Gasteiger partial charge on any atom is -0.389 e. The molecule has 2 N–H and O–H groups in total. The van der Waals surface area contributed by atoms with Crippen molar-refractivity contribution in [1.82, 2.24) is 19.5 Å². The number of urea groups is 1. The van der Waals surface area contributed by atoms with Crippen LogP contribution in [0, 0.1) is 5.82 Å². The predicted molar refractivity (Wildman–Crippen MR) is 110 cm³/mol. The molecule has 2 aliphatic rings. The molecule has 1 aromatic carbocycles. The number of aliphatic hydroxyl groups excluding tert-OH is 1. The predicted octanol–water partition coefficient (Wildman–Crippen LogP) is 2.81. The Morgan fingerprint density at radius 3 is 2.87 bits per heavy atom. The quantitative estimate of drug-likeness (QED) is 0.694. The van der Waals surface area contributed by atoms with Crippen molar-refractivity contribution in [2.75, 3.05) is 29.9 Å². The third kappa shape index (κ3) is 3.45. The van der Waals surface area contributed by atoms with Crippen molar-refractivity contribution < 1.29 is 14.3 Å². The van der Waals surface area contributed by atoms with E-state index in [1.165, 1.54) is 11.0 Å². The van der Waals surface area contributed by atoms with Crippen LogP contribution in [0.1, 0.15) is 30.9 Å². The molecule has 4 heterocycles. The van der Waals surface area contributed by atoms with Gasteiger partial charge in [-0.1, -0.05) is 12.1 Å². The molecule has 2 amide bonds. The average molecular weight is 410 g/mol. The first kappa shape index (κ1) is 18.8. The van der Waals surface area contributed by atoms with Crippen molar-refractivity contribution in [2.45, 2.75) is 31.4 Å². The summed E-state index contributed by atoms with van der Waals surface area (Å²) in [5.74, 6) is 0.985. The lowest BCUT2D eigenvalue weighted by atomic mass is 9.95. The van der Waals surface area contributed by atoms with Gasteiger partial charge in [-0.25, -0.2) is 14.2 Å². The van der Waals surface area contributed by atoms with E-state index >= 15 is 0 Å². The highest BCUT2D eigenvalue weighted by Crippen LogP contribution is 2.34. The lowest BCUT2D eigenvalue weighted by Crippen LogP contribution is -2.55. The van der Waals surface area contributed by atoms with E-state index in [-0.39, 0.29) is 17.9 Å². The first-order valence-corrected chi connectivity index (χ1v) is 10.2. The van der Waals surface area contributed by atoms with E-state index in [4.69, 9.17) is 5.10 Å². The first-order valence-electron chi connectivity index (χ1n) is 10.2. The Hall–Kier alpha value is -3.20. The van der Waals surface area contributed by atoms with Crippen LogP contribution in [-0.4, -0.2) is 56.4 Å². The number of rotatable bonds is 3.